The molecular formula is C15H25N3O2. The van der Waals surface area contributed by atoms with Gasteiger partial charge in [-0.15, -0.1) is 0 Å². The van der Waals surface area contributed by atoms with E-state index in [1.54, 1.807) is 0 Å². The van der Waals surface area contributed by atoms with E-state index in [9.17, 15) is 9.59 Å². The lowest BCUT2D eigenvalue weighted by atomic mass is 9.99. The largest absolute Gasteiger partial charge is 0.341 e. The van der Waals surface area contributed by atoms with Crippen LogP contribution < -0.4 is 5.32 Å². The van der Waals surface area contributed by atoms with Crippen LogP contribution in [0, 0.1) is 11.8 Å². The van der Waals surface area contributed by atoms with Crippen molar-refractivity contribution in [3.05, 3.63) is 0 Å². The SMILES string of the molecule is C[C@H](CC(=O)N1CCC[C@@H](N2CCNC2=O)C1)C1CC1. The van der Waals surface area contributed by atoms with Crippen LogP contribution in [-0.4, -0.2) is 54.0 Å². The fourth-order valence-electron chi connectivity index (χ4n) is 3.51. The van der Waals surface area contributed by atoms with E-state index in [2.05, 4.69) is 12.2 Å². The predicted molar refractivity (Wildman–Crippen MR) is 76.2 cm³/mol. The summed E-state index contributed by atoms with van der Waals surface area (Å²) in [7, 11) is 0. The van der Waals surface area contributed by atoms with Crippen molar-refractivity contribution in [2.24, 2.45) is 11.8 Å². The monoisotopic (exact) mass is 279 g/mol. The molecule has 112 valence electrons. The van der Waals surface area contributed by atoms with Gasteiger partial charge in [-0.05, 0) is 37.5 Å². The number of carbonyl (C=O) groups excluding carboxylic acids is 2. The lowest BCUT2D eigenvalue weighted by molar-refractivity contribution is -0.134. The normalized spacial score (nSPS) is 28.4. The highest BCUT2D eigenvalue weighted by Gasteiger charge is 2.34. The molecule has 3 fully saturated rings. The molecule has 0 aromatic rings. The Morgan fingerprint density at radius 1 is 1.35 bits per heavy atom. The molecule has 2 saturated heterocycles. The van der Waals surface area contributed by atoms with Gasteiger partial charge in [-0.1, -0.05) is 6.92 Å². The van der Waals surface area contributed by atoms with Crippen LogP contribution in [0.4, 0.5) is 4.79 Å². The Balaban J connectivity index is 1.54. The average Bonchev–Trinajstić information content (AvgIpc) is 3.21. The highest BCUT2D eigenvalue weighted by molar-refractivity contribution is 5.78. The summed E-state index contributed by atoms with van der Waals surface area (Å²) in [5.41, 5.74) is 0. The Morgan fingerprint density at radius 2 is 2.15 bits per heavy atom. The molecule has 0 aromatic carbocycles. The van der Waals surface area contributed by atoms with Crippen molar-refractivity contribution in [3.8, 4) is 0 Å². The van der Waals surface area contributed by atoms with Gasteiger partial charge in [-0.25, -0.2) is 4.79 Å². The fourth-order valence-corrected chi connectivity index (χ4v) is 3.51. The zero-order chi connectivity index (χ0) is 14.1. The predicted octanol–water partition coefficient (Wildman–Crippen LogP) is 1.44. The van der Waals surface area contributed by atoms with Gasteiger partial charge < -0.3 is 15.1 Å². The molecule has 5 nitrogen and oxygen atoms in total. The fraction of sp³-hybridized carbons (Fsp3) is 0.867. The second-order valence-corrected chi connectivity index (χ2v) is 6.58. The maximum Gasteiger partial charge on any atom is 0.317 e. The van der Waals surface area contributed by atoms with Crippen LogP contribution in [-0.2, 0) is 4.79 Å². The van der Waals surface area contributed by atoms with E-state index in [-0.39, 0.29) is 18.0 Å². The summed E-state index contributed by atoms with van der Waals surface area (Å²) >= 11 is 0. The number of piperidine rings is 1. The molecule has 0 bridgehead atoms. The van der Waals surface area contributed by atoms with Crippen molar-refractivity contribution in [2.45, 2.75) is 45.1 Å². The highest BCUT2D eigenvalue weighted by Crippen LogP contribution is 2.38. The first-order valence-electron chi connectivity index (χ1n) is 7.97. The summed E-state index contributed by atoms with van der Waals surface area (Å²) in [6, 6.07) is 0.252. The molecule has 0 aromatic heterocycles. The van der Waals surface area contributed by atoms with E-state index in [1.165, 1.54) is 12.8 Å². The molecule has 3 aliphatic rings. The first-order chi connectivity index (χ1) is 9.65. The third kappa shape index (κ3) is 2.91. The molecule has 0 spiro atoms. The van der Waals surface area contributed by atoms with Crippen LogP contribution in [0.1, 0.15) is 39.0 Å². The first kappa shape index (κ1) is 13.7. The van der Waals surface area contributed by atoms with Crippen LogP contribution in [0.15, 0.2) is 0 Å². The third-order valence-corrected chi connectivity index (χ3v) is 5.00. The van der Waals surface area contributed by atoms with Crippen LogP contribution >= 0.6 is 0 Å². The number of rotatable bonds is 4. The molecule has 1 N–H and O–H groups in total. The van der Waals surface area contributed by atoms with E-state index in [1.807, 2.05) is 9.80 Å². The maximum atomic E-state index is 12.4. The molecule has 0 unspecified atom stereocenters. The van der Waals surface area contributed by atoms with Gasteiger partial charge in [-0.2, -0.15) is 0 Å². The summed E-state index contributed by atoms with van der Waals surface area (Å²) in [4.78, 5) is 28.0. The van der Waals surface area contributed by atoms with Gasteiger partial charge in [0.2, 0.25) is 5.91 Å². The Hall–Kier alpha value is -1.26. The molecule has 1 aliphatic carbocycles. The molecule has 3 amide bonds. The molecule has 3 rings (SSSR count). The Kier molecular flexibility index (Phi) is 3.85. The van der Waals surface area contributed by atoms with Gasteiger partial charge in [0.05, 0.1) is 6.04 Å². The molecule has 2 atom stereocenters. The van der Waals surface area contributed by atoms with Crippen LogP contribution in [0.25, 0.3) is 0 Å². The number of nitrogens with zero attached hydrogens (tertiary/aromatic N) is 2. The van der Waals surface area contributed by atoms with Crippen LogP contribution in [0.3, 0.4) is 0 Å². The number of carbonyl (C=O) groups is 2. The Morgan fingerprint density at radius 3 is 2.80 bits per heavy atom. The minimum absolute atomic E-state index is 0.0376. The minimum Gasteiger partial charge on any atom is -0.341 e. The molecule has 0 radical (unpaired) electrons. The van der Waals surface area contributed by atoms with Crippen molar-refractivity contribution < 1.29 is 9.59 Å². The summed E-state index contributed by atoms with van der Waals surface area (Å²) in [6.45, 7) is 5.31. The van der Waals surface area contributed by atoms with Crippen molar-refractivity contribution in [1.29, 1.82) is 0 Å². The van der Waals surface area contributed by atoms with Crippen molar-refractivity contribution in [3.63, 3.8) is 0 Å². The number of amides is 3. The zero-order valence-electron chi connectivity index (χ0n) is 12.3. The Labute approximate surface area is 120 Å². The summed E-state index contributed by atoms with van der Waals surface area (Å²) in [5, 5.41) is 2.85. The topological polar surface area (TPSA) is 52.7 Å². The number of hydrogen-bond donors (Lipinski definition) is 1. The summed E-state index contributed by atoms with van der Waals surface area (Å²) < 4.78 is 0. The van der Waals surface area contributed by atoms with Crippen LogP contribution in [0.2, 0.25) is 0 Å². The highest BCUT2D eigenvalue weighted by atomic mass is 16.2. The number of likely N-dealkylation sites (tertiary alicyclic amines) is 1. The van der Waals surface area contributed by atoms with E-state index >= 15 is 0 Å². The van der Waals surface area contributed by atoms with E-state index < -0.39 is 0 Å². The first-order valence-corrected chi connectivity index (χ1v) is 7.97. The lowest BCUT2D eigenvalue weighted by Gasteiger charge is -2.37. The minimum atomic E-state index is 0.0376. The second kappa shape index (κ2) is 5.62. The number of nitrogens with one attached hydrogen (secondary N) is 1. The molecule has 5 heteroatoms. The number of hydrogen-bond acceptors (Lipinski definition) is 2. The summed E-state index contributed by atoms with van der Waals surface area (Å²) in [6.07, 6.45) is 5.31. The average molecular weight is 279 g/mol. The maximum absolute atomic E-state index is 12.4. The summed E-state index contributed by atoms with van der Waals surface area (Å²) in [5.74, 6) is 1.59. The zero-order valence-corrected chi connectivity index (χ0v) is 12.3. The molecule has 1 saturated carbocycles. The van der Waals surface area contributed by atoms with Gasteiger partial charge in [0.1, 0.15) is 0 Å². The van der Waals surface area contributed by atoms with Gasteiger partial charge in [0.15, 0.2) is 0 Å². The smallest absolute Gasteiger partial charge is 0.317 e. The van der Waals surface area contributed by atoms with Crippen molar-refractivity contribution in [1.82, 2.24) is 15.1 Å². The second-order valence-electron chi connectivity index (χ2n) is 6.58. The van der Waals surface area contributed by atoms with Crippen molar-refractivity contribution in [2.75, 3.05) is 26.2 Å². The quantitative estimate of drug-likeness (QED) is 0.846. The molecule has 20 heavy (non-hydrogen) atoms. The van der Waals surface area contributed by atoms with Gasteiger partial charge in [-0.3, -0.25) is 4.79 Å². The molecular weight excluding hydrogens is 254 g/mol. The number of urea groups is 1. The standard InChI is InChI=1S/C15H25N3O2/c1-11(12-4-5-12)9-14(19)17-7-2-3-13(10-17)18-8-6-16-15(18)20/h11-13H,2-10H2,1H3,(H,16,20)/t11-,13-/m1/s1. The van der Waals surface area contributed by atoms with Gasteiger partial charge in [0, 0.05) is 32.6 Å². The lowest BCUT2D eigenvalue weighted by Crippen LogP contribution is -2.50. The molecule has 2 heterocycles. The van der Waals surface area contributed by atoms with Gasteiger partial charge >= 0.3 is 6.03 Å². The van der Waals surface area contributed by atoms with Gasteiger partial charge in [0.25, 0.3) is 0 Å². The molecule has 2 aliphatic heterocycles. The van der Waals surface area contributed by atoms with Crippen molar-refractivity contribution >= 4 is 11.9 Å². The van der Waals surface area contributed by atoms with E-state index in [4.69, 9.17) is 0 Å². The Bertz CT molecular complexity index is 395. The van der Waals surface area contributed by atoms with Crippen LogP contribution in [0.5, 0.6) is 0 Å². The third-order valence-electron chi connectivity index (χ3n) is 5.00. The van der Waals surface area contributed by atoms with E-state index in [0.717, 1.165) is 44.9 Å². The van der Waals surface area contributed by atoms with E-state index in [0.29, 0.717) is 12.3 Å².